The van der Waals surface area contributed by atoms with Crippen LogP contribution in [0.15, 0.2) is 24.3 Å². The minimum Gasteiger partial charge on any atom is -0.485 e. The van der Waals surface area contributed by atoms with Crippen LogP contribution in [0.3, 0.4) is 0 Å². The van der Waals surface area contributed by atoms with Crippen molar-refractivity contribution in [3.8, 4) is 5.75 Å². The Balaban J connectivity index is 0.00000256. The predicted molar refractivity (Wildman–Crippen MR) is 122 cm³/mol. The number of aryl methyl sites for hydroxylation is 1. The molecule has 0 saturated carbocycles. The lowest BCUT2D eigenvalue weighted by Gasteiger charge is -2.25. The van der Waals surface area contributed by atoms with E-state index < -0.39 is 0 Å². The average molecular weight is 473 g/mol. The van der Waals surface area contributed by atoms with Gasteiger partial charge in [0.1, 0.15) is 6.61 Å². The van der Waals surface area contributed by atoms with Gasteiger partial charge < -0.3 is 25.5 Å². The van der Waals surface area contributed by atoms with Crippen molar-refractivity contribution in [2.75, 3.05) is 25.6 Å². The zero-order valence-corrected chi connectivity index (χ0v) is 18.8. The highest BCUT2D eigenvalue weighted by molar-refractivity contribution is 6.33. The molecule has 1 aliphatic rings. The third-order valence-electron chi connectivity index (χ3n) is 5.06. The summed E-state index contributed by atoms with van der Waals surface area (Å²) >= 11 is 12.3. The number of aromatic amines is 1. The summed E-state index contributed by atoms with van der Waals surface area (Å²) in [5.74, 6) is 0.834. The fourth-order valence-electron chi connectivity index (χ4n) is 3.76. The molecule has 0 amide bonds. The van der Waals surface area contributed by atoms with Crippen LogP contribution in [0.1, 0.15) is 17.7 Å². The summed E-state index contributed by atoms with van der Waals surface area (Å²) in [6.45, 7) is 0.602. The van der Waals surface area contributed by atoms with E-state index >= 15 is 0 Å². The van der Waals surface area contributed by atoms with Crippen LogP contribution in [-0.2, 0) is 17.6 Å². The van der Waals surface area contributed by atoms with Crippen LogP contribution in [0.2, 0.25) is 10.4 Å². The molecule has 2 atom stereocenters. The van der Waals surface area contributed by atoms with Crippen LogP contribution in [0, 0.1) is 0 Å². The maximum Gasteiger partial charge on any atom is 0.226 e. The Morgan fingerprint density at radius 3 is 2.87 bits per heavy atom. The molecule has 0 radical (unpaired) electrons. The summed E-state index contributed by atoms with van der Waals surface area (Å²) < 4.78 is 10.9. The Kier molecular flexibility index (Phi) is 7.65. The number of nitrogens with two attached hydrogens (primary N) is 1. The monoisotopic (exact) mass is 471 g/mol. The number of H-pyrrole nitrogens is 1. The second kappa shape index (κ2) is 10.0. The van der Waals surface area contributed by atoms with Crippen molar-refractivity contribution in [3.63, 3.8) is 0 Å². The van der Waals surface area contributed by atoms with Gasteiger partial charge in [-0.2, -0.15) is 4.98 Å². The first-order valence-electron chi connectivity index (χ1n) is 9.50. The molecule has 30 heavy (non-hydrogen) atoms. The lowest BCUT2D eigenvalue weighted by Crippen LogP contribution is -2.33. The van der Waals surface area contributed by atoms with Crippen LogP contribution in [0.5, 0.6) is 5.75 Å². The zero-order chi connectivity index (χ0) is 20.4. The van der Waals surface area contributed by atoms with Gasteiger partial charge in [0.2, 0.25) is 5.28 Å². The van der Waals surface area contributed by atoms with Crippen molar-refractivity contribution in [2.24, 2.45) is 5.73 Å². The van der Waals surface area contributed by atoms with E-state index in [2.05, 4.69) is 38.5 Å². The first kappa shape index (κ1) is 22.9. The number of hydrogen-bond donors (Lipinski definition) is 3. The molecule has 0 aliphatic heterocycles. The Hall–Kier alpha value is -1.77. The smallest absolute Gasteiger partial charge is 0.226 e. The lowest BCUT2D eigenvalue weighted by atomic mass is 9.91. The van der Waals surface area contributed by atoms with E-state index in [1.807, 2.05) is 6.07 Å². The van der Waals surface area contributed by atoms with Gasteiger partial charge in [0.05, 0.1) is 12.6 Å². The minimum absolute atomic E-state index is 0. The molecule has 1 aliphatic carbocycles. The molecule has 4 N–H and O–H groups in total. The Labute approximate surface area is 191 Å². The Morgan fingerprint density at radius 1 is 1.27 bits per heavy atom. The first-order chi connectivity index (χ1) is 14.0. The van der Waals surface area contributed by atoms with Gasteiger partial charge >= 0.3 is 0 Å². The van der Waals surface area contributed by atoms with Crippen molar-refractivity contribution < 1.29 is 9.47 Å². The third-order valence-corrected chi connectivity index (χ3v) is 5.48. The quantitative estimate of drug-likeness (QED) is 0.355. The molecule has 0 spiro atoms. The first-order valence-corrected chi connectivity index (χ1v) is 10.3. The fourth-order valence-corrected chi connectivity index (χ4v) is 4.20. The molecule has 4 rings (SSSR count). The van der Waals surface area contributed by atoms with Crippen molar-refractivity contribution in [3.05, 3.63) is 46.0 Å². The number of aromatic nitrogens is 3. The molecular weight excluding hydrogens is 449 g/mol. The van der Waals surface area contributed by atoms with Gasteiger partial charge in [-0.3, -0.25) is 0 Å². The molecule has 3 aromatic rings. The molecule has 1 aromatic carbocycles. The number of anilines is 1. The number of benzene rings is 1. The van der Waals surface area contributed by atoms with Gasteiger partial charge in [-0.15, -0.1) is 12.4 Å². The molecular formula is C20H24Cl3N5O2. The minimum atomic E-state index is -0.289. The van der Waals surface area contributed by atoms with E-state index in [0.29, 0.717) is 18.2 Å². The Morgan fingerprint density at radius 2 is 2.07 bits per heavy atom. The van der Waals surface area contributed by atoms with Gasteiger partial charge in [-0.25, -0.2) is 4.98 Å². The number of methoxy groups -OCH3 is 1. The largest absolute Gasteiger partial charge is 0.485 e. The highest BCUT2D eigenvalue weighted by atomic mass is 35.5. The van der Waals surface area contributed by atoms with E-state index in [9.17, 15) is 0 Å². The lowest BCUT2D eigenvalue weighted by molar-refractivity contribution is 0.152. The average Bonchev–Trinajstić information content (AvgIpc) is 3.05. The van der Waals surface area contributed by atoms with Gasteiger partial charge in [0.25, 0.3) is 0 Å². The molecule has 0 bridgehead atoms. The normalized spacial score (nSPS) is 16.6. The highest BCUT2D eigenvalue weighted by Crippen LogP contribution is 2.35. The molecule has 0 saturated heterocycles. The topological polar surface area (TPSA) is 98.1 Å². The van der Waals surface area contributed by atoms with Crippen LogP contribution in [0.4, 0.5) is 5.82 Å². The van der Waals surface area contributed by atoms with Crippen LogP contribution in [-0.4, -0.2) is 47.4 Å². The highest BCUT2D eigenvalue weighted by Gasteiger charge is 2.25. The molecule has 162 valence electrons. The molecule has 0 fully saturated rings. The summed E-state index contributed by atoms with van der Waals surface area (Å²) in [5, 5.41) is 4.93. The van der Waals surface area contributed by atoms with Gasteiger partial charge in [0.15, 0.2) is 16.7 Å². The standard InChI is InChI=1S/C20H23Cl2N5O2.ClH/c1-28-9-11(23)10-29-17-18(21)26-20(22)27-19(17)24-12-6-7-16-14(8-12)13-4-2-3-5-15(13)25-16;/h2-5,11-12,25H,6-10,23H2,1H3,(H,24,26,27);1H/t11-,12-;/m1./s1. The van der Waals surface area contributed by atoms with Crippen molar-refractivity contribution in [1.29, 1.82) is 0 Å². The number of para-hydroxylation sites is 1. The number of nitrogens with zero attached hydrogens (tertiary/aromatic N) is 2. The fraction of sp³-hybridized carbons (Fsp3) is 0.400. The molecule has 10 heteroatoms. The number of ether oxygens (including phenoxy) is 2. The van der Waals surface area contributed by atoms with E-state index in [1.165, 1.54) is 22.2 Å². The van der Waals surface area contributed by atoms with E-state index in [4.69, 9.17) is 38.4 Å². The van der Waals surface area contributed by atoms with E-state index in [0.717, 1.165) is 19.3 Å². The summed E-state index contributed by atoms with van der Waals surface area (Å²) in [6, 6.07) is 8.24. The molecule has 2 aromatic heterocycles. The van der Waals surface area contributed by atoms with Gasteiger partial charge in [-0.05, 0) is 42.5 Å². The number of rotatable bonds is 7. The van der Waals surface area contributed by atoms with E-state index in [1.54, 1.807) is 7.11 Å². The van der Waals surface area contributed by atoms with Crippen LogP contribution >= 0.6 is 35.6 Å². The maximum atomic E-state index is 6.28. The summed E-state index contributed by atoms with van der Waals surface area (Å²) in [7, 11) is 1.59. The summed E-state index contributed by atoms with van der Waals surface area (Å²) in [5.41, 5.74) is 9.76. The van der Waals surface area contributed by atoms with Crippen LogP contribution in [0.25, 0.3) is 10.9 Å². The molecule has 2 heterocycles. The predicted octanol–water partition coefficient (Wildman–Crippen LogP) is 4.01. The van der Waals surface area contributed by atoms with Gasteiger partial charge in [0, 0.05) is 29.7 Å². The van der Waals surface area contributed by atoms with Crippen molar-refractivity contribution >= 4 is 52.3 Å². The number of hydrogen-bond acceptors (Lipinski definition) is 6. The SMILES string of the molecule is COC[C@@H](N)COc1c(Cl)nc(Cl)nc1N[C@@H]1CCc2[nH]c3ccccc3c2C1.Cl. The second-order valence-electron chi connectivity index (χ2n) is 7.20. The van der Waals surface area contributed by atoms with Crippen molar-refractivity contribution in [2.45, 2.75) is 31.3 Å². The number of halogens is 3. The number of fused-ring (bicyclic) bond motifs is 3. The second-order valence-corrected chi connectivity index (χ2v) is 7.90. The van der Waals surface area contributed by atoms with Crippen LogP contribution < -0.4 is 15.8 Å². The number of nitrogens with one attached hydrogen (secondary N) is 2. The molecule has 7 nitrogen and oxygen atoms in total. The Bertz CT molecular complexity index is 1010. The summed E-state index contributed by atoms with van der Waals surface area (Å²) in [6.07, 6.45) is 2.76. The maximum absolute atomic E-state index is 6.28. The molecule has 0 unspecified atom stereocenters. The van der Waals surface area contributed by atoms with E-state index in [-0.39, 0.29) is 41.5 Å². The third kappa shape index (κ3) is 4.92. The summed E-state index contributed by atoms with van der Waals surface area (Å²) in [4.78, 5) is 11.8. The van der Waals surface area contributed by atoms with Gasteiger partial charge in [-0.1, -0.05) is 29.8 Å². The zero-order valence-electron chi connectivity index (χ0n) is 16.5. The van der Waals surface area contributed by atoms with Crippen molar-refractivity contribution in [1.82, 2.24) is 15.0 Å².